The number of rotatable bonds is 1. The van der Waals surface area contributed by atoms with Crippen LogP contribution in [-0.2, 0) is 0 Å². The molecule has 0 saturated carbocycles. The molecule has 7 heteroatoms. The van der Waals surface area contributed by atoms with Crippen LogP contribution in [0, 0.1) is 6.92 Å². The molecular weight excluding hydrogens is 264 g/mol. The second kappa shape index (κ2) is 3.20. The predicted molar refractivity (Wildman–Crippen MR) is 56.8 cm³/mol. The van der Waals surface area contributed by atoms with Crippen molar-refractivity contribution in [3.63, 3.8) is 0 Å². The van der Waals surface area contributed by atoms with Crippen molar-refractivity contribution in [2.75, 3.05) is 5.73 Å². The Hall–Kier alpha value is -1.63. The summed E-state index contributed by atoms with van der Waals surface area (Å²) in [5.41, 5.74) is 6.82. The molecule has 2 rings (SSSR count). The molecule has 0 aliphatic rings. The number of carboxylic acids is 1. The summed E-state index contributed by atoms with van der Waals surface area (Å²) in [7, 11) is 0. The van der Waals surface area contributed by atoms with E-state index >= 15 is 0 Å². The molecular formula is C8H7BrN4O2. The first-order valence-corrected chi connectivity index (χ1v) is 4.84. The van der Waals surface area contributed by atoms with Crippen LogP contribution in [0.3, 0.4) is 0 Å². The van der Waals surface area contributed by atoms with E-state index < -0.39 is 5.97 Å². The van der Waals surface area contributed by atoms with Crippen LogP contribution in [0.25, 0.3) is 5.65 Å². The molecule has 0 atom stereocenters. The highest BCUT2D eigenvalue weighted by molar-refractivity contribution is 9.10. The van der Waals surface area contributed by atoms with Crippen molar-refractivity contribution in [3.8, 4) is 0 Å². The van der Waals surface area contributed by atoms with Gasteiger partial charge in [0.25, 0.3) is 0 Å². The van der Waals surface area contributed by atoms with Gasteiger partial charge in [-0.2, -0.15) is 9.61 Å². The SMILES string of the molecule is Cc1nn2c(N)c(C(=O)O)cnc2c1Br. The first-order valence-electron chi connectivity index (χ1n) is 4.05. The normalized spacial score (nSPS) is 10.8. The third-order valence-electron chi connectivity index (χ3n) is 2.02. The number of anilines is 1. The van der Waals surface area contributed by atoms with Gasteiger partial charge in [-0.1, -0.05) is 0 Å². The number of carbonyl (C=O) groups is 1. The van der Waals surface area contributed by atoms with E-state index in [1.165, 1.54) is 10.7 Å². The number of aromatic carboxylic acids is 1. The molecule has 0 spiro atoms. The van der Waals surface area contributed by atoms with Crippen LogP contribution in [-0.4, -0.2) is 25.7 Å². The van der Waals surface area contributed by atoms with Crippen molar-refractivity contribution in [1.29, 1.82) is 0 Å². The molecule has 0 radical (unpaired) electrons. The first-order chi connectivity index (χ1) is 7.02. The quantitative estimate of drug-likeness (QED) is 0.809. The van der Waals surface area contributed by atoms with E-state index in [4.69, 9.17) is 10.8 Å². The van der Waals surface area contributed by atoms with E-state index in [9.17, 15) is 4.79 Å². The van der Waals surface area contributed by atoms with Gasteiger partial charge in [-0.3, -0.25) is 0 Å². The van der Waals surface area contributed by atoms with Gasteiger partial charge in [0.15, 0.2) is 5.65 Å². The maximum atomic E-state index is 10.8. The predicted octanol–water partition coefficient (Wildman–Crippen LogP) is 1.08. The Bertz CT molecular complexity index is 563. The number of carboxylic acid groups (broad SMARTS) is 1. The minimum Gasteiger partial charge on any atom is -0.477 e. The van der Waals surface area contributed by atoms with Gasteiger partial charge < -0.3 is 10.8 Å². The van der Waals surface area contributed by atoms with E-state index in [1.807, 2.05) is 0 Å². The summed E-state index contributed by atoms with van der Waals surface area (Å²) in [6.45, 7) is 1.78. The van der Waals surface area contributed by atoms with Crippen LogP contribution in [0.5, 0.6) is 0 Å². The second-order valence-electron chi connectivity index (χ2n) is 3.00. The van der Waals surface area contributed by atoms with Gasteiger partial charge in [0.1, 0.15) is 11.4 Å². The Kier molecular flexibility index (Phi) is 2.11. The summed E-state index contributed by atoms with van der Waals surface area (Å²) in [4.78, 5) is 14.8. The van der Waals surface area contributed by atoms with E-state index in [0.29, 0.717) is 15.8 Å². The van der Waals surface area contributed by atoms with Crippen molar-refractivity contribution in [2.24, 2.45) is 0 Å². The molecule has 2 aromatic heterocycles. The molecule has 0 unspecified atom stereocenters. The largest absolute Gasteiger partial charge is 0.477 e. The summed E-state index contributed by atoms with van der Waals surface area (Å²) in [5.74, 6) is -1.05. The zero-order valence-electron chi connectivity index (χ0n) is 7.73. The Labute approximate surface area is 92.9 Å². The van der Waals surface area contributed by atoms with Gasteiger partial charge in [0.05, 0.1) is 10.2 Å². The molecule has 0 fully saturated rings. The standard InChI is InChI=1S/C8H7BrN4O2/c1-3-5(9)7-11-2-4(8(14)15)6(10)13(7)12-3/h2H,10H2,1H3,(H,14,15). The number of nitrogens with two attached hydrogens (primary N) is 1. The third kappa shape index (κ3) is 1.35. The molecule has 0 aromatic carbocycles. The van der Waals surface area contributed by atoms with Crippen molar-refractivity contribution in [1.82, 2.24) is 14.6 Å². The van der Waals surface area contributed by atoms with E-state index in [1.54, 1.807) is 6.92 Å². The lowest BCUT2D eigenvalue weighted by atomic mass is 10.3. The summed E-state index contributed by atoms with van der Waals surface area (Å²) in [6, 6.07) is 0. The van der Waals surface area contributed by atoms with E-state index in [2.05, 4.69) is 26.0 Å². The van der Waals surface area contributed by atoms with Crippen LogP contribution >= 0.6 is 15.9 Å². The highest BCUT2D eigenvalue weighted by Crippen LogP contribution is 2.23. The topological polar surface area (TPSA) is 93.5 Å². The maximum Gasteiger partial charge on any atom is 0.341 e. The molecule has 0 saturated heterocycles. The number of aromatic nitrogens is 3. The first kappa shape index (κ1) is 9.91. The number of fused-ring (bicyclic) bond motifs is 1. The molecule has 0 amide bonds. The van der Waals surface area contributed by atoms with E-state index in [0.717, 1.165) is 0 Å². The number of nitrogens with zero attached hydrogens (tertiary/aromatic N) is 3. The summed E-state index contributed by atoms with van der Waals surface area (Å²) in [6.07, 6.45) is 1.22. The third-order valence-corrected chi connectivity index (χ3v) is 2.94. The molecule has 3 N–H and O–H groups in total. The van der Waals surface area contributed by atoms with Gasteiger partial charge in [-0.05, 0) is 22.9 Å². The molecule has 0 bridgehead atoms. The molecule has 0 aliphatic heterocycles. The average molecular weight is 271 g/mol. The van der Waals surface area contributed by atoms with Crippen LogP contribution in [0.2, 0.25) is 0 Å². The highest BCUT2D eigenvalue weighted by Gasteiger charge is 2.16. The number of aryl methyl sites for hydroxylation is 1. The average Bonchev–Trinajstić information content (AvgIpc) is 2.45. The minimum absolute atomic E-state index is 0.0579. The Balaban J connectivity index is 2.85. The van der Waals surface area contributed by atoms with Gasteiger partial charge >= 0.3 is 5.97 Å². The number of hydrogen-bond donors (Lipinski definition) is 2. The van der Waals surface area contributed by atoms with Crippen molar-refractivity contribution < 1.29 is 9.90 Å². The lowest BCUT2D eigenvalue weighted by Crippen LogP contribution is -2.09. The number of nitrogen functional groups attached to an aromatic ring is 1. The monoisotopic (exact) mass is 270 g/mol. The lowest BCUT2D eigenvalue weighted by Gasteiger charge is -2.01. The van der Waals surface area contributed by atoms with Gasteiger partial charge in [0, 0.05) is 6.20 Å². The summed E-state index contributed by atoms with van der Waals surface area (Å²) in [5, 5.41) is 12.9. The zero-order valence-corrected chi connectivity index (χ0v) is 9.32. The molecule has 15 heavy (non-hydrogen) atoms. The number of halogens is 1. The number of hydrogen-bond acceptors (Lipinski definition) is 4. The van der Waals surface area contributed by atoms with E-state index in [-0.39, 0.29) is 11.4 Å². The molecule has 0 aliphatic carbocycles. The summed E-state index contributed by atoms with van der Waals surface area (Å²) >= 11 is 3.30. The fraction of sp³-hybridized carbons (Fsp3) is 0.125. The molecule has 2 aromatic rings. The van der Waals surface area contributed by atoms with Crippen molar-refractivity contribution in [3.05, 3.63) is 21.9 Å². The van der Waals surface area contributed by atoms with Crippen molar-refractivity contribution in [2.45, 2.75) is 6.92 Å². The lowest BCUT2D eigenvalue weighted by molar-refractivity contribution is 0.0697. The van der Waals surface area contributed by atoms with Gasteiger partial charge in [-0.15, -0.1) is 0 Å². The van der Waals surface area contributed by atoms with Gasteiger partial charge in [0.2, 0.25) is 0 Å². The van der Waals surface area contributed by atoms with Crippen molar-refractivity contribution >= 4 is 33.4 Å². The van der Waals surface area contributed by atoms with Crippen LogP contribution in [0.15, 0.2) is 10.7 Å². The van der Waals surface area contributed by atoms with Gasteiger partial charge in [-0.25, -0.2) is 9.78 Å². The van der Waals surface area contributed by atoms with Crippen LogP contribution < -0.4 is 5.73 Å². The Morgan fingerprint density at radius 1 is 1.67 bits per heavy atom. The second-order valence-corrected chi connectivity index (χ2v) is 3.79. The maximum absolute atomic E-state index is 10.8. The highest BCUT2D eigenvalue weighted by atomic mass is 79.9. The minimum atomic E-state index is -1.12. The summed E-state index contributed by atoms with van der Waals surface area (Å²) < 4.78 is 2.02. The van der Waals surface area contributed by atoms with Crippen LogP contribution in [0.1, 0.15) is 16.1 Å². The Morgan fingerprint density at radius 3 is 2.93 bits per heavy atom. The Morgan fingerprint density at radius 2 is 2.33 bits per heavy atom. The molecule has 78 valence electrons. The van der Waals surface area contributed by atoms with Crippen LogP contribution in [0.4, 0.5) is 5.82 Å². The smallest absolute Gasteiger partial charge is 0.341 e. The fourth-order valence-corrected chi connectivity index (χ4v) is 1.60. The fourth-order valence-electron chi connectivity index (χ4n) is 1.25. The zero-order chi connectivity index (χ0) is 11.2. The molecule has 6 nitrogen and oxygen atoms in total. The molecule has 2 heterocycles.